The molecule has 2 saturated heterocycles. The summed E-state index contributed by atoms with van der Waals surface area (Å²) in [6, 6.07) is 1.91. The molecule has 2 aliphatic heterocycles. The molecule has 2 aliphatic rings. The molecule has 0 aromatic carbocycles. The lowest BCUT2D eigenvalue weighted by Gasteiger charge is -2.41. The van der Waals surface area contributed by atoms with Gasteiger partial charge in [0.2, 0.25) is 0 Å². The molecule has 0 saturated carbocycles. The second-order valence-corrected chi connectivity index (χ2v) is 5.89. The van der Waals surface area contributed by atoms with Crippen LogP contribution in [0.2, 0.25) is 0 Å². The van der Waals surface area contributed by atoms with Crippen LogP contribution in [0.15, 0.2) is 0 Å². The highest BCUT2D eigenvalue weighted by molar-refractivity contribution is 4.93. The summed E-state index contributed by atoms with van der Waals surface area (Å²) in [5, 5.41) is 3.65. The van der Waals surface area contributed by atoms with Crippen molar-refractivity contribution >= 4 is 0 Å². The number of nitrogens with zero attached hydrogens (tertiary/aromatic N) is 2. The van der Waals surface area contributed by atoms with Gasteiger partial charge < -0.3 is 15.0 Å². The molecule has 3 atom stereocenters. The van der Waals surface area contributed by atoms with Crippen molar-refractivity contribution < 1.29 is 4.74 Å². The van der Waals surface area contributed by atoms with Crippen LogP contribution in [0.4, 0.5) is 0 Å². The summed E-state index contributed by atoms with van der Waals surface area (Å²) in [5.74, 6) is 0. The Morgan fingerprint density at radius 1 is 1.33 bits per heavy atom. The van der Waals surface area contributed by atoms with E-state index >= 15 is 0 Å². The minimum atomic E-state index is 0.575. The van der Waals surface area contributed by atoms with E-state index in [4.69, 9.17) is 4.74 Å². The molecule has 106 valence electrons. The first-order chi connectivity index (χ1) is 8.72. The van der Waals surface area contributed by atoms with E-state index in [0.29, 0.717) is 18.1 Å². The summed E-state index contributed by atoms with van der Waals surface area (Å²) in [6.07, 6.45) is 3.84. The van der Waals surface area contributed by atoms with E-state index in [0.717, 1.165) is 26.2 Å². The number of ether oxygens (including phenoxy) is 1. The third kappa shape index (κ3) is 3.44. The lowest BCUT2D eigenvalue weighted by atomic mass is 10.0. The SMILES string of the molecule is CCNC1CCOCC1N1CCCC1CN(C)C. The van der Waals surface area contributed by atoms with E-state index in [1.54, 1.807) is 0 Å². The van der Waals surface area contributed by atoms with Crippen LogP contribution in [-0.4, -0.2) is 74.9 Å². The van der Waals surface area contributed by atoms with Crippen molar-refractivity contribution in [1.82, 2.24) is 15.1 Å². The summed E-state index contributed by atoms with van der Waals surface area (Å²) in [4.78, 5) is 5.02. The number of likely N-dealkylation sites (N-methyl/N-ethyl adjacent to an activating group) is 2. The van der Waals surface area contributed by atoms with Gasteiger partial charge in [0, 0.05) is 31.3 Å². The lowest BCUT2D eigenvalue weighted by molar-refractivity contribution is -0.0105. The second kappa shape index (κ2) is 6.85. The number of hydrogen-bond acceptors (Lipinski definition) is 4. The number of hydrogen-bond donors (Lipinski definition) is 1. The molecule has 4 nitrogen and oxygen atoms in total. The fourth-order valence-electron chi connectivity index (χ4n) is 3.46. The molecule has 0 bridgehead atoms. The molecule has 0 aromatic rings. The second-order valence-electron chi connectivity index (χ2n) is 5.89. The minimum absolute atomic E-state index is 0.575. The van der Waals surface area contributed by atoms with E-state index in [2.05, 4.69) is 36.1 Å². The van der Waals surface area contributed by atoms with Crippen LogP contribution in [0.25, 0.3) is 0 Å². The number of nitrogens with one attached hydrogen (secondary N) is 1. The van der Waals surface area contributed by atoms with Crippen molar-refractivity contribution in [2.45, 2.75) is 44.3 Å². The van der Waals surface area contributed by atoms with Crippen LogP contribution < -0.4 is 5.32 Å². The van der Waals surface area contributed by atoms with Gasteiger partial charge >= 0.3 is 0 Å². The van der Waals surface area contributed by atoms with Crippen molar-refractivity contribution in [2.24, 2.45) is 0 Å². The Balaban J connectivity index is 1.97. The van der Waals surface area contributed by atoms with Gasteiger partial charge in [0.25, 0.3) is 0 Å². The Morgan fingerprint density at radius 3 is 2.89 bits per heavy atom. The maximum absolute atomic E-state index is 5.73. The zero-order chi connectivity index (χ0) is 13.0. The molecular formula is C14H29N3O. The van der Waals surface area contributed by atoms with Gasteiger partial charge in [-0.25, -0.2) is 0 Å². The normalized spacial score (nSPS) is 34.3. The zero-order valence-electron chi connectivity index (χ0n) is 12.2. The quantitative estimate of drug-likeness (QED) is 0.786. The first-order valence-corrected chi connectivity index (χ1v) is 7.44. The standard InChI is InChI=1S/C14H29N3O/c1-4-15-13-7-9-18-11-14(13)17-8-5-6-12(17)10-16(2)3/h12-15H,4-11H2,1-3H3. The molecule has 0 aromatic heterocycles. The predicted molar refractivity (Wildman–Crippen MR) is 75.0 cm³/mol. The first kappa shape index (κ1) is 14.3. The maximum Gasteiger partial charge on any atom is 0.0637 e. The highest BCUT2D eigenvalue weighted by atomic mass is 16.5. The predicted octanol–water partition coefficient (Wildman–Crippen LogP) is 0.779. The van der Waals surface area contributed by atoms with E-state index in [9.17, 15) is 0 Å². The van der Waals surface area contributed by atoms with E-state index in [1.165, 1.54) is 25.9 Å². The highest BCUT2D eigenvalue weighted by Crippen LogP contribution is 2.25. The minimum Gasteiger partial charge on any atom is -0.380 e. The average Bonchev–Trinajstić information content (AvgIpc) is 2.77. The Morgan fingerprint density at radius 2 is 2.17 bits per heavy atom. The van der Waals surface area contributed by atoms with Crippen LogP contribution in [0.5, 0.6) is 0 Å². The maximum atomic E-state index is 5.73. The molecular weight excluding hydrogens is 226 g/mol. The third-order valence-corrected chi connectivity index (χ3v) is 4.22. The molecule has 0 amide bonds. The molecule has 4 heteroatoms. The van der Waals surface area contributed by atoms with Gasteiger partial charge in [-0.2, -0.15) is 0 Å². The van der Waals surface area contributed by atoms with E-state index in [1.807, 2.05) is 0 Å². The van der Waals surface area contributed by atoms with Gasteiger partial charge in [-0.15, -0.1) is 0 Å². The van der Waals surface area contributed by atoms with Crippen LogP contribution >= 0.6 is 0 Å². The summed E-state index contributed by atoms with van der Waals surface area (Å²) in [5.41, 5.74) is 0. The van der Waals surface area contributed by atoms with Crippen molar-refractivity contribution in [1.29, 1.82) is 0 Å². The molecule has 18 heavy (non-hydrogen) atoms. The van der Waals surface area contributed by atoms with Crippen molar-refractivity contribution in [3.05, 3.63) is 0 Å². The monoisotopic (exact) mass is 255 g/mol. The van der Waals surface area contributed by atoms with Gasteiger partial charge in [-0.05, 0) is 46.4 Å². The zero-order valence-corrected chi connectivity index (χ0v) is 12.2. The number of likely N-dealkylation sites (tertiary alicyclic amines) is 1. The Labute approximate surface area is 112 Å². The van der Waals surface area contributed by atoms with E-state index in [-0.39, 0.29) is 0 Å². The van der Waals surface area contributed by atoms with Gasteiger partial charge in [0.1, 0.15) is 0 Å². The van der Waals surface area contributed by atoms with Crippen molar-refractivity contribution in [3.8, 4) is 0 Å². The molecule has 1 N–H and O–H groups in total. The summed E-state index contributed by atoms with van der Waals surface area (Å²) >= 11 is 0. The third-order valence-electron chi connectivity index (χ3n) is 4.22. The largest absolute Gasteiger partial charge is 0.380 e. The molecule has 2 heterocycles. The molecule has 3 unspecified atom stereocenters. The summed E-state index contributed by atoms with van der Waals surface area (Å²) in [6.45, 7) is 7.51. The van der Waals surface area contributed by atoms with Crippen LogP contribution in [0.1, 0.15) is 26.2 Å². The van der Waals surface area contributed by atoms with Crippen LogP contribution in [0.3, 0.4) is 0 Å². The molecule has 0 spiro atoms. The van der Waals surface area contributed by atoms with E-state index < -0.39 is 0 Å². The highest BCUT2D eigenvalue weighted by Gasteiger charge is 2.36. The van der Waals surface area contributed by atoms with Gasteiger partial charge in [-0.3, -0.25) is 4.90 Å². The lowest BCUT2D eigenvalue weighted by Crippen LogP contribution is -2.57. The molecule has 0 aliphatic carbocycles. The molecule has 2 fully saturated rings. The molecule has 0 radical (unpaired) electrons. The van der Waals surface area contributed by atoms with Crippen molar-refractivity contribution in [3.63, 3.8) is 0 Å². The Kier molecular flexibility index (Phi) is 5.42. The van der Waals surface area contributed by atoms with Crippen LogP contribution in [-0.2, 0) is 4.74 Å². The Hall–Kier alpha value is -0.160. The fraction of sp³-hybridized carbons (Fsp3) is 1.00. The Bertz CT molecular complexity index is 245. The smallest absolute Gasteiger partial charge is 0.0637 e. The summed E-state index contributed by atoms with van der Waals surface area (Å²) < 4.78 is 5.73. The molecule has 2 rings (SSSR count). The van der Waals surface area contributed by atoms with Gasteiger partial charge in [0.05, 0.1) is 6.61 Å². The summed E-state index contributed by atoms with van der Waals surface area (Å²) in [7, 11) is 4.35. The first-order valence-electron chi connectivity index (χ1n) is 7.44. The van der Waals surface area contributed by atoms with Crippen molar-refractivity contribution in [2.75, 3.05) is 46.9 Å². The number of rotatable bonds is 5. The topological polar surface area (TPSA) is 27.7 Å². The van der Waals surface area contributed by atoms with Gasteiger partial charge in [0.15, 0.2) is 0 Å². The van der Waals surface area contributed by atoms with Gasteiger partial charge in [-0.1, -0.05) is 6.92 Å². The van der Waals surface area contributed by atoms with Crippen LogP contribution in [0, 0.1) is 0 Å². The fourth-order valence-corrected chi connectivity index (χ4v) is 3.46. The average molecular weight is 255 g/mol.